The van der Waals surface area contributed by atoms with Gasteiger partial charge in [-0.2, -0.15) is 0 Å². The molecule has 0 fully saturated rings. The Kier molecular flexibility index (Phi) is 4.50. The highest BCUT2D eigenvalue weighted by Crippen LogP contribution is 2.21. The molecule has 0 aliphatic rings. The average molecular weight is 280 g/mol. The summed E-state index contributed by atoms with van der Waals surface area (Å²) in [5, 5.41) is 15.6. The number of rotatable bonds is 5. The minimum atomic E-state index is -0.384. The van der Waals surface area contributed by atoms with Gasteiger partial charge in [-0.25, -0.2) is 9.37 Å². The number of phenols is 1. The van der Waals surface area contributed by atoms with E-state index in [1.165, 1.54) is 6.07 Å². The predicted octanol–water partition coefficient (Wildman–Crippen LogP) is 3.19. The summed E-state index contributed by atoms with van der Waals surface area (Å²) in [4.78, 5) is 4.38. The molecule has 1 aromatic heterocycles. The highest BCUT2D eigenvalue weighted by Gasteiger charge is 2.11. The lowest BCUT2D eigenvalue weighted by Gasteiger charge is -2.14. The SMILES string of the molecule is Cc1csc(CCNC(C)c2ccc(O)cc2F)n1. The molecule has 1 aromatic carbocycles. The van der Waals surface area contributed by atoms with Crippen molar-refractivity contribution < 1.29 is 9.50 Å². The monoisotopic (exact) mass is 280 g/mol. The first kappa shape index (κ1) is 14.0. The van der Waals surface area contributed by atoms with Crippen LogP contribution in [0.1, 0.15) is 29.2 Å². The first-order valence-electron chi connectivity index (χ1n) is 6.19. The third kappa shape index (κ3) is 3.75. The number of hydrogen-bond acceptors (Lipinski definition) is 4. The molecule has 0 spiro atoms. The van der Waals surface area contributed by atoms with E-state index in [1.54, 1.807) is 17.4 Å². The molecule has 0 saturated heterocycles. The number of nitrogens with zero attached hydrogens (tertiary/aromatic N) is 1. The van der Waals surface area contributed by atoms with Gasteiger partial charge in [0.15, 0.2) is 0 Å². The zero-order valence-corrected chi connectivity index (χ0v) is 11.8. The number of phenolic OH excluding ortho intramolecular Hbond substituents is 1. The van der Waals surface area contributed by atoms with E-state index < -0.39 is 0 Å². The van der Waals surface area contributed by atoms with Gasteiger partial charge in [-0.05, 0) is 19.9 Å². The number of nitrogens with one attached hydrogen (secondary N) is 1. The van der Waals surface area contributed by atoms with Crippen molar-refractivity contribution in [3.63, 3.8) is 0 Å². The zero-order valence-electron chi connectivity index (χ0n) is 11.0. The van der Waals surface area contributed by atoms with Crippen LogP contribution in [-0.2, 0) is 6.42 Å². The number of aromatic hydroxyl groups is 1. The fourth-order valence-electron chi connectivity index (χ4n) is 1.89. The van der Waals surface area contributed by atoms with E-state index in [2.05, 4.69) is 10.3 Å². The maximum Gasteiger partial charge on any atom is 0.131 e. The highest BCUT2D eigenvalue weighted by molar-refractivity contribution is 7.09. The molecule has 19 heavy (non-hydrogen) atoms. The summed E-state index contributed by atoms with van der Waals surface area (Å²) in [6.07, 6.45) is 0.836. The molecular weight excluding hydrogens is 263 g/mol. The molecule has 5 heteroatoms. The molecule has 2 rings (SSSR count). The third-order valence-corrected chi connectivity index (χ3v) is 3.93. The Labute approximate surface area is 116 Å². The van der Waals surface area contributed by atoms with E-state index in [-0.39, 0.29) is 17.6 Å². The van der Waals surface area contributed by atoms with Crippen LogP contribution in [0.5, 0.6) is 5.75 Å². The van der Waals surface area contributed by atoms with Crippen LogP contribution < -0.4 is 5.32 Å². The molecule has 1 heterocycles. The third-order valence-electron chi connectivity index (χ3n) is 2.91. The molecule has 1 atom stereocenters. The van der Waals surface area contributed by atoms with Crippen molar-refractivity contribution in [2.24, 2.45) is 0 Å². The molecule has 0 bridgehead atoms. The van der Waals surface area contributed by atoms with Gasteiger partial charge in [-0.15, -0.1) is 11.3 Å². The second kappa shape index (κ2) is 6.12. The fourth-order valence-corrected chi connectivity index (χ4v) is 2.67. The van der Waals surface area contributed by atoms with E-state index >= 15 is 0 Å². The number of thiazole rings is 1. The summed E-state index contributed by atoms with van der Waals surface area (Å²) < 4.78 is 13.6. The zero-order chi connectivity index (χ0) is 13.8. The lowest BCUT2D eigenvalue weighted by atomic mass is 10.1. The Morgan fingerprint density at radius 3 is 2.89 bits per heavy atom. The summed E-state index contributed by atoms with van der Waals surface area (Å²) in [5.74, 6) is -0.434. The van der Waals surface area contributed by atoms with E-state index in [1.807, 2.05) is 19.2 Å². The van der Waals surface area contributed by atoms with Gasteiger partial charge in [0.1, 0.15) is 11.6 Å². The molecular formula is C14H17FN2OS. The molecule has 2 aromatic rings. The minimum Gasteiger partial charge on any atom is -0.508 e. The average Bonchev–Trinajstić information content (AvgIpc) is 2.75. The van der Waals surface area contributed by atoms with Gasteiger partial charge >= 0.3 is 0 Å². The fraction of sp³-hybridized carbons (Fsp3) is 0.357. The molecule has 0 amide bonds. The molecule has 0 radical (unpaired) electrons. The summed E-state index contributed by atoms with van der Waals surface area (Å²) in [5.41, 5.74) is 1.60. The number of hydrogen-bond donors (Lipinski definition) is 2. The van der Waals surface area contributed by atoms with Crippen LogP contribution in [0.3, 0.4) is 0 Å². The number of aryl methyl sites for hydroxylation is 1. The van der Waals surface area contributed by atoms with Crippen molar-refractivity contribution in [1.82, 2.24) is 10.3 Å². The largest absolute Gasteiger partial charge is 0.508 e. The van der Waals surface area contributed by atoms with Gasteiger partial charge in [-0.3, -0.25) is 0 Å². The summed E-state index contributed by atoms with van der Waals surface area (Å²) >= 11 is 1.64. The minimum absolute atomic E-state index is 0.0493. The van der Waals surface area contributed by atoms with Crippen LogP contribution in [0.25, 0.3) is 0 Å². The van der Waals surface area contributed by atoms with Crippen molar-refractivity contribution in [2.75, 3.05) is 6.54 Å². The maximum absolute atomic E-state index is 13.6. The van der Waals surface area contributed by atoms with Crippen molar-refractivity contribution in [2.45, 2.75) is 26.3 Å². The summed E-state index contributed by atoms with van der Waals surface area (Å²) in [6.45, 7) is 4.62. The Hall–Kier alpha value is -1.46. The second-order valence-electron chi connectivity index (χ2n) is 4.51. The Balaban J connectivity index is 1.88. The van der Waals surface area contributed by atoms with Gasteiger partial charge in [0, 0.05) is 41.7 Å². The van der Waals surface area contributed by atoms with Crippen LogP contribution in [0.2, 0.25) is 0 Å². The lowest BCUT2D eigenvalue weighted by molar-refractivity contribution is 0.464. The molecule has 102 valence electrons. The van der Waals surface area contributed by atoms with Crippen LogP contribution in [0, 0.1) is 12.7 Å². The van der Waals surface area contributed by atoms with Gasteiger partial charge in [-0.1, -0.05) is 6.07 Å². The van der Waals surface area contributed by atoms with E-state index in [9.17, 15) is 9.50 Å². The summed E-state index contributed by atoms with van der Waals surface area (Å²) in [7, 11) is 0. The molecule has 0 aliphatic heterocycles. The quantitative estimate of drug-likeness (QED) is 0.884. The topological polar surface area (TPSA) is 45.1 Å². The molecule has 1 unspecified atom stereocenters. The van der Waals surface area contributed by atoms with Crippen LogP contribution in [0.15, 0.2) is 23.6 Å². The maximum atomic E-state index is 13.6. The van der Waals surface area contributed by atoms with Gasteiger partial charge in [0.05, 0.1) is 5.01 Å². The summed E-state index contributed by atoms with van der Waals surface area (Å²) in [6, 6.07) is 4.15. The first-order chi connectivity index (χ1) is 9.06. The van der Waals surface area contributed by atoms with E-state index in [4.69, 9.17) is 0 Å². The van der Waals surface area contributed by atoms with Crippen molar-refractivity contribution in [3.8, 4) is 5.75 Å². The van der Waals surface area contributed by atoms with Crippen LogP contribution in [-0.4, -0.2) is 16.6 Å². The Morgan fingerprint density at radius 2 is 2.26 bits per heavy atom. The van der Waals surface area contributed by atoms with Crippen molar-refractivity contribution in [3.05, 3.63) is 45.7 Å². The first-order valence-corrected chi connectivity index (χ1v) is 7.07. The predicted molar refractivity (Wildman–Crippen MR) is 75.0 cm³/mol. The Bertz CT molecular complexity index is 556. The number of benzene rings is 1. The molecule has 2 N–H and O–H groups in total. The Morgan fingerprint density at radius 1 is 1.47 bits per heavy atom. The van der Waals surface area contributed by atoms with Gasteiger partial charge in [0.25, 0.3) is 0 Å². The van der Waals surface area contributed by atoms with Gasteiger partial charge < -0.3 is 10.4 Å². The second-order valence-corrected chi connectivity index (χ2v) is 5.46. The smallest absolute Gasteiger partial charge is 0.131 e. The van der Waals surface area contributed by atoms with Crippen molar-refractivity contribution in [1.29, 1.82) is 0 Å². The normalized spacial score (nSPS) is 12.6. The van der Waals surface area contributed by atoms with Crippen LogP contribution in [0.4, 0.5) is 4.39 Å². The number of halogens is 1. The standard InChI is InChI=1S/C14H17FN2OS/c1-9-8-19-14(17-9)5-6-16-10(2)12-4-3-11(18)7-13(12)15/h3-4,7-8,10,16,18H,5-6H2,1-2H3. The lowest BCUT2D eigenvalue weighted by Crippen LogP contribution is -2.22. The van der Waals surface area contributed by atoms with E-state index in [0.717, 1.165) is 29.7 Å². The molecule has 0 aliphatic carbocycles. The van der Waals surface area contributed by atoms with E-state index in [0.29, 0.717) is 5.56 Å². The number of aromatic nitrogens is 1. The van der Waals surface area contributed by atoms with Gasteiger partial charge in [0.2, 0.25) is 0 Å². The molecule has 3 nitrogen and oxygen atoms in total. The van der Waals surface area contributed by atoms with Crippen LogP contribution >= 0.6 is 11.3 Å². The molecule has 0 saturated carbocycles. The highest BCUT2D eigenvalue weighted by atomic mass is 32.1. The van der Waals surface area contributed by atoms with Crippen molar-refractivity contribution >= 4 is 11.3 Å².